The van der Waals surface area contributed by atoms with Gasteiger partial charge in [0.1, 0.15) is 5.75 Å². The number of hydrogen-bond acceptors (Lipinski definition) is 5. The van der Waals surface area contributed by atoms with Crippen LogP contribution >= 0.6 is 15.9 Å². The summed E-state index contributed by atoms with van der Waals surface area (Å²) in [6.07, 6.45) is 6.39. The molecule has 0 fully saturated rings. The fourth-order valence-electron chi connectivity index (χ4n) is 2.65. The summed E-state index contributed by atoms with van der Waals surface area (Å²) >= 11 is 3.45. The van der Waals surface area contributed by atoms with Crippen molar-refractivity contribution in [3.05, 3.63) is 58.1 Å². The van der Waals surface area contributed by atoms with Crippen molar-refractivity contribution >= 4 is 27.8 Å². The van der Waals surface area contributed by atoms with Crippen LogP contribution in [-0.2, 0) is 16.0 Å². The van der Waals surface area contributed by atoms with Crippen molar-refractivity contribution in [3.63, 3.8) is 0 Å². The zero-order valence-electron chi connectivity index (χ0n) is 16.1. The van der Waals surface area contributed by atoms with E-state index in [9.17, 15) is 9.90 Å². The van der Waals surface area contributed by atoms with Crippen LogP contribution in [0.2, 0.25) is 0 Å². The molecular formula is C22H25BrO5. The van der Waals surface area contributed by atoms with Crippen LogP contribution in [0.25, 0.3) is 6.08 Å². The summed E-state index contributed by atoms with van der Waals surface area (Å²) in [6.45, 7) is 0.183. The molecule has 6 heteroatoms. The third kappa shape index (κ3) is 7.02. The molecule has 2 aromatic rings. The van der Waals surface area contributed by atoms with E-state index in [1.807, 2.05) is 24.3 Å². The van der Waals surface area contributed by atoms with Gasteiger partial charge in [0, 0.05) is 13.5 Å². The second kappa shape index (κ2) is 11.5. The molecule has 0 atom stereocenters. The van der Waals surface area contributed by atoms with Gasteiger partial charge in [-0.25, -0.2) is 0 Å². The first-order chi connectivity index (χ1) is 13.5. The summed E-state index contributed by atoms with van der Waals surface area (Å²) in [6, 6.07) is 11.0. The summed E-state index contributed by atoms with van der Waals surface area (Å²) in [5.74, 6) is 1.39. The van der Waals surface area contributed by atoms with E-state index in [1.165, 1.54) is 7.11 Å². The monoisotopic (exact) mass is 448 g/mol. The third-order valence-corrected chi connectivity index (χ3v) is 4.75. The van der Waals surface area contributed by atoms with Crippen molar-refractivity contribution in [2.45, 2.75) is 25.7 Å². The lowest BCUT2D eigenvalue weighted by Crippen LogP contribution is -1.99. The quantitative estimate of drug-likeness (QED) is 0.292. The Morgan fingerprint density at radius 2 is 1.89 bits per heavy atom. The van der Waals surface area contributed by atoms with Crippen LogP contribution < -0.4 is 9.47 Å². The highest BCUT2D eigenvalue weighted by atomic mass is 79.9. The molecule has 0 aromatic heterocycles. The smallest absolute Gasteiger partial charge is 0.188 e. The summed E-state index contributed by atoms with van der Waals surface area (Å²) in [5, 5.41) is 9.79. The number of unbranched alkanes of at least 4 members (excludes halogenated alkanes) is 1. The zero-order chi connectivity index (χ0) is 20.4. The summed E-state index contributed by atoms with van der Waals surface area (Å²) < 4.78 is 16.1. The van der Waals surface area contributed by atoms with Gasteiger partial charge >= 0.3 is 0 Å². The minimum Gasteiger partial charge on any atom is -0.504 e. The first-order valence-corrected chi connectivity index (χ1v) is 9.81. The Morgan fingerprint density at radius 1 is 1.11 bits per heavy atom. The van der Waals surface area contributed by atoms with E-state index in [0.29, 0.717) is 17.9 Å². The lowest BCUT2D eigenvalue weighted by atomic mass is 10.0. The number of benzene rings is 2. The number of aryl methyl sites for hydroxylation is 1. The molecule has 0 saturated carbocycles. The van der Waals surface area contributed by atoms with Gasteiger partial charge in [-0.1, -0.05) is 18.2 Å². The second-order valence-electron chi connectivity index (χ2n) is 6.25. The van der Waals surface area contributed by atoms with E-state index >= 15 is 0 Å². The van der Waals surface area contributed by atoms with Gasteiger partial charge in [0.15, 0.2) is 24.1 Å². The fourth-order valence-corrected chi connectivity index (χ4v) is 3.16. The van der Waals surface area contributed by atoms with Gasteiger partial charge in [0.25, 0.3) is 0 Å². The number of ketones is 1. The number of carbonyl (C=O) groups excluding carboxylic acids is 1. The van der Waals surface area contributed by atoms with Crippen molar-refractivity contribution in [3.8, 4) is 17.2 Å². The van der Waals surface area contributed by atoms with Crippen molar-refractivity contribution in [2.75, 3.05) is 21.0 Å². The molecule has 0 aliphatic carbocycles. The Labute approximate surface area is 174 Å². The Morgan fingerprint density at radius 3 is 2.57 bits per heavy atom. The van der Waals surface area contributed by atoms with Gasteiger partial charge in [-0.2, -0.15) is 0 Å². The first-order valence-electron chi connectivity index (χ1n) is 9.01. The Kier molecular flexibility index (Phi) is 9.04. The molecule has 0 spiro atoms. The van der Waals surface area contributed by atoms with E-state index in [2.05, 4.69) is 15.9 Å². The number of aromatic hydroxyl groups is 1. The van der Waals surface area contributed by atoms with Gasteiger partial charge in [-0.3, -0.25) is 4.79 Å². The molecule has 0 radical (unpaired) electrons. The predicted molar refractivity (Wildman–Crippen MR) is 113 cm³/mol. The average molecular weight is 449 g/mol. The van der Waals surface area contributed by atoms with Crippen molar-refractivity contribution in [1.82, 2.24) is 0 Å². The van der Waals surface area contributed by atoms with Gasteiger partial charge in [-0.15, -0.1) is 0 Å². The molecule has 0 bridgehead atoms. The van der Waals surface area contributed by atoms with Gasteiger partial charge in [-0.05, 0) is 76.7 Å². The molecule has 28 heavy (non-hydrogen) atoms. The largest absolute Gasteiger partial charge is 0.504 e. The van der Waals surface area contributed by atoms with Gasteiger partial charge < -0.3 is 19.3 Å². The van der Waals surface area contributed by atoms with E-state index < -0.39 is 0 Å². The van der Waals surface area contributed by atoms with E-state index in [1.54, 1.807) is 31.4 Å². The maximum absolute atomic E-state index is 12.1. The maximum atomic E-state index is 12.1. The topological polar surface area (TPSA) is 65.0 Å². The molecule has 0 aliphatic rings. The second-order valence-corrected chi connectivity index (χ2v) is 7.11. The molecule has 0 unspecified atom stereocenters. The molecule has 2 rings (SSSR count). The molecule has 5 nitrogen and oxygen atoms in total. The van der Waals surface area contributed by atoms with E-state index in [4.69, 9.17) is 14.2 Å². The summed E-state index contributed by atoms with van der Waals surface area (Å²) in [5.41, 5.74) is 1.95. The van der Waals surface area contributed by atoms with E-state index in [0.717, 1.165) is 34.9 Å². The Bertz CT molecular complexity index is 817. The molecule has 0 aliphatic heterocycles. The van der Waals surface area contributed by atoms with Crippen LogP contribution in [0, 0.1) is 0 Å². The summed E-state index contributed by atoms with van der Waals surface area (Å²) in [7, 11) is 3.09. The SMILES string of the molecule is COCOc1ccc(/C=C/C(=O)CCCCc2ccc(OC)c(O)c2)cc1Br. The maximum Gasteiger partial charge on any atom is 0.188 e. The number of allylic oxidation sites excluding steroid dienone is 1. The minimum absolute atomic E-state index is 0.0911. The predicted octanol–water partition coefficient (Wildman–Crippen LogP) is 5.14. The molecule has 0 saturated heterocycles. The van der Waals surface area contributed by atoms with E-state index in [-0.39, 0.29) is 18.3 Å². The number of rotatable bonds is 11. The highest BCUT2D eigenvalue weighted by Gasteiger charge is 2.04. The van der Waals surface area contributed by atoms with Crippen LogP contribution in [0.15, 0.2) is 46.9 Å². The highest BCUT2D eigenvalue weighted by molar-refractivity contribution is 9.10. The normalized spacial score (nSPS) is 11.0. The van der Waals surface area contributed by atoms with Gasteiger partial charge in [0.05, 0.1) is 11.6 Å². The first kappa shape index (κ1) is 22.0. The van der Waals surface area contributed by atoms with Crippen molar-refractivity contribution in [1.29, 1.82) is 0 Å². The fraction of sp³-hybridized carbons (Fsp3) is 0.318. The van der Waals surface area contributed by atoms with Crippen LogP contribution in [-0.4, -0.2) is 31.9 Å². The Balaban J connectivity index is 1.76. The molecule has 0 heterocycles. The Hall–Kier alpha value is -2.31. The number of hydrogen-bond donors (Lipinski definition) is 1. The lowest BCUT2D eigenvalue weighted by molar-refractivity contribution is -0.114. The molecule has 1 N–H and O–H groups in total. The number of ether oxygens (including phenoxy) is 3. The minimum atomic E-state index is 0.0911. The molecular weight excluding hydrogens is 424 g/mol. The number of carbonyl (C=O) groups is 1. The molecule has 2 aromatic carbocycles. The number of methoxy groups -OCH3 is 2. The number of halogens is 1. The number of phenolic OH excluding ortho intramolecular Hbond substituents is 1. The number of phenols is 1. The van der Waals surface area contributed by atoms with Gasteiger partial charge in [0.2, 0.25) is 0 Å². The van der Waals surface area contributed by atoms with Crippen LogP contribution in [0.3, 0.4) is 0 Å². The molecule has 0 amide bonds. The molecule has 150 valence electrons. The third-order valence-electron chi connectivity index (χ3n) is 4.13. The summed E-state index contributed by atoms with van der Waals surface area (Å²) in [4.78, 5) is 12.1. The lowest BCUT2D eigenvalue weighted by Gasteiger charge is -2.07. The standard InChI is InChI=1S/C22H25BrO5/c1-26-15-28-21-11-8-17(13-19(21)23)7-10-18(24)6-4-3-5-16-9-12-22(27-2)20(25)14-16/h7-14,25H,3-6,15H2,1-2H3/b10-7+. The average Bonchev–Trinajstić information content (AvgIpc) is 2.69. The van der Waals surface area contributed by atoms with Crippen molar-refractivity contribution < 1.29 is 24.1 Å². The van der Waals surface area contributed by atoms with Crippen LogP contribution in [0.4, 0.5) is 0 Å². The van der Waals surface area contributed by atoms with Crippen LogP contribution in [0.5, 0.6) is 17.2 Å². The van der Waals surface area contributed by atoms with Crippen molar-refractivity contribution in [2.24, 2.45) is 0 Å². The highest BCUT2D eigenvalue weighted by Crippen LogP contribution is 2.27. The van der Waals surface area contributed by atoms with Crippen LogP contribution in [0.1, 0.15) is 30.4 Å². The zero-order valence-corrected chi connectivity index (χ0v) is 17.7.